The summed E-state index contributed by atoms with van der Waals surface area (Å²) in [5.74, 6) is 1.52. The molecule has 14 heavy (non-hydrogen) atoms. The summed E-state index contributed by atoms with van der Waals surface area (Å²) in [5.41, 5.74) is 3.74. The zero-order chi connectivity index (χ0) is 10.3. The Morgan fingerprint density at radius 2 is 2.07 bits per heavy atom. The first kappa shape index (κ1) is 9.13. The van der Waals surface area contributed by atoms with Crippen molar-refractivity contribution < 1.29 is 0 Å². The maximum absolute atomic E-state index is 3.94. The van der Waals surface area contributed by atoms with Crippen molar-refractivity contribution in [1.82, 2.24) is 0 Å². The molecule has 1 aromatic rings. The van der Waals surface area contributed by atoms with Crippen LogP contribution >= 0.6 is 0 Å². The molecule has 1 heterocycles. The van der Waals surface area contributed by atoms with Crippen LogP contribution in [0.2, 0.25) is 0 Å². The van der Waals surface area contributed by atoms with Gasteiger partial charge in [-0.2, -0.15) is 0 Å². The van der Waals surface area contributed by atoms with Gasteiger partial charge in [-0.1, -0.05) is 26.5 Å². The topological polar surface area (TPSA) is 15.3 Å². The minimum absolute atomic E-state index is 0.571. The first-order valence-electron chi connectivity index (χ1n) is 4.93. The Hall–Kier alpha value is -1.44. The molecular formula is C12H16N2. The Labute approximate surface area is 85.2 Å². The number of hydrogen-bond acceptors (Lipinski definition) is 2. The van der Waals surface area contributed by atoms with E-state index in [4.69, 9.17) is 0 Å². The van der Waals surface area contributed by atoms with Gasteiger partial charge in [-0.05, 0) is 23.6 Å². The molecule has 0 bridgehead atoms. The third-order valence-corrected chi connectivity index (χ3v) is 2.73. The van der Waals surface area contributed by atoms with Gasteiger partial charge in [0.25, 0.3) is 0 Å². The van der Waals surface area contributed by atoms with E-state index in [1.165, 1.54) is 16.9 Å². The van der Waals surface area contributed by atoms with Gasteiger partial charge >= 0.3 is 0 Å². The summed E-state index contributed by atoms with van der Waals surface area (Å²) >= 11 is 0. The van der Waals surface area contributed by atoms with Crippen LogP contribution in [0.4, 0.5) is 11.4 Å². The fourth-order valence-corrected chi connectivity index (χ4v) is 1.69. The van der Waals surface area contributed by atoms with Crippen molar-refractivity contribution in [3.8, 4) is 0 Å². The molecular weight excluding hydrogens is 172 g/mol. The number of rotatable bonds is 1. The second-order valence-electron chi connectivity index (χ2n) is 4.06. The van der Waals surface area contributed by atoms with E-state index < -0.39 is 0 Å². The van der Waals surface area contributed by atoms with Crippen LogP contribution < -0.4 is 10.2 Å². The highest BCUT2D eigenvalue weighted by atomic mass is 15.3. The van der Waals surface area contributed by atoms with Gasteiger partial charge in [0.2, 0.25) is 0 Å². The van der Waals surface area contributed by atoms with Crippen LogP contribution in [-0.4, -0.2) is 7.05 Å². The predicted molar refractivity (Wildman–Crippen MR) is 61.7 cm³/mol. The molecule has 1 aliphatic heterocycles. The summed E-state index contributed by atoms with van der Waals surface area (Å²) in [5, 5.41) is 3.27. The number of nitrogens with zero attached hydrogens (tertiary/aromatic N) is 1. The number of benzene rings is 1. The van der Waals surface area contributed by atoms with Gasteiger partial charge in [-0.25, -0.2) is 0 Å². The molecule has 0 unspecified atom stereocenters. The van der Waals surface area contributed by atoms with Gasteiger partial charge in [-0.3, -0.25) is 0 Å². The fourth-order valence-electron chi connectivity index (χ4n) is 1.69. The van der Waals surface area contributed by atoms with Crippen LogP contribution in [0.1, 0.15) is 25.3 Å². The molecule has 0 aliphatic carbocycles. The maximum Gasteiger partial charge on any atom is 0.103 e. The van der Waals surface area contributed by atoms with Crippen LogP contribution in [0, 0.1) is 0 Å². The lowest BCUT2D eigenvalue weighted by Gasteiger charge is -2.12. The standard InChI is InChI=1S/C12H16N2/c1-8(2)10-5-6-12-11(7-10)13-9(3)14(12)4/h5-8,13H,3H2,1-2,4H3. The van der Waals surface area contributed by atoms with Gasteiger partial charge < -0.3 is 10.2 Å². The van der Waals surface area contributed by atoms with Crippen LogP contribution in [0.5, 0.6) is 0 Å². The summed E-state index contributed by atoms with van der Waals surface area (Å²) in [6, 6.07) is 6.53. The van der Waals surface area contributed by atoms with E-state index in [2.05, 4.69) is 48.8 Å². The normalized spacial score (nSPS) is 14.6. The molecule has 74 valence electrons. The van der Waals surface area contributed by atoms with E-state index in [9.17, 15) is 0 Å². The van der Waals surface area contributed by atoms with E-state index in [1.54, 1.807) is 0 Å². The van der Waals surface area contributed by atoms with E-state index in [0.29, 0.717) is 5.92 Å². The highest BCUT2D eigenvalue weighted by molar-refractivity contribution is 5.80. The number of anilines is 2. The van der Waals surface area contributed by atoms with Gasteiger partial charge in [-0.15, -0.1) is 0 Å². The molecule has 0 atom stereocenters. The molecule has 0 saturated heterocycles. The largest absolute Gasteiger partial charge is 0.340 e. The van der Waals surface area contributed by atoms with Gasteiger partial charge in [0.05, 0.1) is 11.4 Å². The average Bonchev–Trinajstić information content (AvgIpc) is 2.42. The molecule has 0 spiro atoms. The number of fused-ring (bicyclic) bond motifs is 1. The quantitative estimate of drug-likeness (QED) is 0.728. The third-order valence-electron chi connectivity index (χ3n) is 2.73. The van der Waals surface area contributed by atoms with Gasteiger partial charge in [0.15, 0.2) is 0 Å². The Kier molecular flexibility index (Phi) is 1.99. The highest BCUT2D eigenvalue weighted by Crippen LogP contribution is 2.36. The van der Waals surface area contributed by atoms with Crippen molar-refractivity contribution in [2.24, 2.45) is 0 Å². The lowest BCUT2D eigenvalue weighted by atomic mass is 10.0. The van der Waals surface area contributed by atoms with Crippen LogP contribution in [-0.2, 0) is 0 Å². The second-order valence-corrected chi connectivity index (χ2v) is 4.06. The smallest absolute Gasteiger partial charge is 0.103 e. The lowest BCUT2D eigenvalue weighted by molar-refractivity contribution is 0.867. The molecule has 0 radical (unpaired) electrons. The minimum Gasteiger partial charge on any atom is -0.340 e. The molecule has 1 aliphatic rings. The fraction of sp³-hybridized carbons (Fsp3) is 0.333. The lowest BCUT2D eigenvalue weighted by Crippen LogP contribution is -2.12. The second kappa shape index (κ2) is 3.05. The van der Waals surface area contributed by atoms with Crippen LogP contribution in [0.15, 0.2) is 30.6 Å². The molecule has 0 fully saturated rings. The molecule has 0 amide bonds. The van der Waals surface area contributed by atoms with Gasteiger partial charge in [0.1, 0.15) is 5.82 Å². The summed E-state index contributed by atoms with van der Waals surface area (Å²) in [4.78, 5) is 2.07. The monoisotopic (exact) mass is 188 g/mol. The predicted octanol–water partition coefficient (Wildman–Crippen LogP) is 3.14. The summed E-state index contributed by atoms with van der Waals surface area (Å²) < 4.78 is 0. The molecule has 1 aromatic carbocycles. The van der Waals surface area contributed by atoms with Crippen molar-refractivity contribution in [1.29, 1.82) is 0 Å². The molecule has 0 saturated carbocycles. The van der Waals surface area contributed by atoms with E-state index in [-0.39, 0.29) is 0 Å². The van der Waals surface area contributed by atoms with Crippen molar-refractivity contribution in [2.75, 3.05) is 17.3 Å². The summed E-state index contributed by atoms with van der Waals surface area (Å²) in [7, 11) is 2.02. The van der Waals surface area contributed by atoms with Crippen LogP contribution in [0.3, 0.4) is 0 Å². The van der Waals surface area contributed by atoms with Crippen molar-refractivity contribution in [2.45, 2.75) is 19.8 Å². The third kappa shape index (κ3) is 1.27. The summed E-state index contributed by atoms with van der Waals surface area (Å²) in [6.45, 7) is 8.35. The maximum atomic E-state index is 3.94. The van der Waals surface area contributed by atoms with Gasteiger partial charge in [0, 0.05) is 7.05 Å². The zero-order valence-electron chi connectivity index (χ0n) is 8.96. The molecule has 0 aromatic heterocycles. The van der Waals surface area contributed by atoms with E-state index in [1.807, 2.05) is 7.05 Å². The van der Waals surface area contributed by atoms with E-state index >= 15 is 0 Å². The molecule has 2 nitrogen and oxygen atoms in total. The molecule has 2 rings (SSSR count). The first-order chi connectivity index (χ1) is 6.59. The number of hydrogen-bond donors (Lipinski definition) is 1. The average molecular weight is 188 g/mol. The number of nitrogens with one attached hydrogen (secondary N) is 1. The Morgan fingerprint density at radius 3 is 2.71 bits per heavy atom. The van der Waals surface area contributed by atoms with Crippen molar-refractivity contribution in [3.63, 3.8) is 0 Å². The van der Waals surface area contributed by atoms with E-state index in [0.717, 1.165) is 5.82 Å². The zero-order valence-corrected chi connectivity index (χ0v) is 8.96. The minimum atomic E-state index is 0.571. The Balaban J connectivity index is 2.44. The Morgan fingerprint density at radius 1 is 1.36 bits per heavy atom. The molecule has 1 N–H and O–H groups in total. The molecule has 2 heteroatoms. The van der Waals surface area contributed by atoms with Crippen molar-refractivity contribution in [3.05, 3.63) is 36.2 Å². The Bertz CT molecular complexity index is 380. The van der Waals surface area contributed by atoms with Crippen LogP contribution in [0.25, 0.3) is 0 Å². The SMILES string of the molecule is C=C1Nc2cc(C(C)C)ccc2N1C. The summed E-state index contributed by atoms with van der Waals surface area (Å²) in [6.07, 6.45) is 0. The first-order valence-corrected chi connectivity index (χ1v) is 4.93. The van der Waals surface area contributed by atoms with Crippen molar-refractivity contribution >= 4 is 11.4 Å². The highest BCUT2D eigenvalue weighted by Gasteiger charge is 2.18.